The molecule has 1 saturated heterocycles. The van der Waals surface area contributed by atoms with Crippen molar-refractivity contribution in [3.05, 3.63) is 53.1 Å². The lowest BCUT2D eigenvalue weighted by molar-refractivity contribution is -0.115. The number of amides is 1. The number of nitrogens with zero attached hydrogens (tertiary/aromatic N) is 1. The molecule has 1 N–H and O–H groups in total. The average Bonchev–Trinajstić information content (AvgIpc) is 2.68. The molecule has 1 aliphatic heterocycles. The Morgan fingerprint density at radius 3 is 2.64 bits per heavy atom. The van der Waals surface area contributed by atoms with E-state index in [4.69, 9.17) is 21.1 Å². The van der Waals surface area contributed by atoms with Crippen LogP contribution < -0.4 is 10.1 Å². The van der Waals surface area contributed by atoms with E-state index in [-0.39, 0.29) is 36.1 Å². The molecule has 2 aromatic carbocycles. The van der Waals surface area contributed by atoms with Crippen molar-refractivity contribution >= 4 is 33.2 Å². The van der Waals surface area contributed by atoms with Crippen LogP contribution in [0.15, 0.2) is 47.4 Å². The number of nitrogens with one attached hydrogen (secondary N) is 1. The maximum Gasteiger partial charge on any atom is 0.246 e. The van der Waals surface area contributed by atoms with Crippen LogP contribution in [0.3, 0.4) is 0 Å². The standard InChI is InChI=1S/C19H21ClN2O5S/c1-26-17-6-5-14(12-19(23)21-16-4-2-3-15(20)13-16)11-18(17)28(24,25)22-7-9-27-10-8-22/h2-6,11,13H,7-10,12H2,1H3,(H,21,23). The number of carbonyl (C=O) groups excluding carboxylic acids is 1. The summed E-state index contributed by atoms with van der Waals surface area (Å²) in [5, 5.41) is 3.27. The van der Waals surface area contributed by atoms with Crippen LogP contribution in [0, 0.1) is 0 Å². The van der Waals surface area contributed by atoms with Gasteiger partial charge in [-0.1, -0.05) is 23.7 Å². The molecule has 2 aromatic rings. The highest BCUT2D eigenvalue weighted by molar-refractivity contribution is 7.89. The molecule has 0 aromatic heterocycles. The smallest absolute Gasteiger partial charge is 0.246 e. The molecule has 7 nitrogen and oxygen atoms in total. The lowest BCUT2D eigenvalue weighted by Crippen LogP contribution is -2.40. The van der Waals surface area contributed by atoms with Gasteiger partial charge in [0, 0.05) is 23.8 Å². The van der Waals surface area contributed by atoms with Gasteiger partial charge in [0.25, 0.3) is 0 Å². The third-order valence-electron chi connectivity index (χ3n) is 4.29. The Morgan fingerprint density at radius 1 is 1.21 bits per heavy atom. The number of hydrogen-bond acceptors (Lipinski definition) is 5. The maximum atomic E-state index is 13.0. The van der Waals surface area contributed by atoms with Crippen LogP contribution in [0.2, 0.25) is 5.02 Å². The minimum atomic E-state index is -3.75. The Bertz CT molecular complexity index is 959. The number of carbonyl (C=O) groups is 1. The Morgan fingerprint density at radius 2 is 1.96 bits per heavy atom. The molecule has 0 spiro atoms. The van der Waals surface area contributed by atoms with E-state index in [0.29, 0.717) is 29.5 Å². The molecule has 0 unspecified atom stereocenters. The lowest BCUT2D eigenvalue weighted by atomic mass is 10.1. The molecule has 0 bridgehead atoms. The van der Waals surface area contributed by atoms with Crippen LogP contribution in [0.4, 0.5) is 5.69 Å². The fraction of sp³-hybridized carbons (Fsp3) is 0.316. The van der Waals surface area contributed by atoms with E-state index in [9.17, 15) is 13.2 Å². The number of benzene rings is 2. The minimum absolute atomic E-state index is 0.0160. The fourth-order valence-electron chi connectivity index (χ4n) is 2.92. The van der Waals surface area contributed by atoms with Crippen molar-refractivity contribution in [2.75, 3.05) is 38.7 Å². The molecule has 0 radical (unpaired) electrons. The molecule has 1 amide bonds. The Kier molecular flexibility index (Phi) is 6.56. The molecular formula is C19H21ClN2O5S. The van der Waals surface area contributed by atoms with Gasteiger partial charge in [-0.3, -0.25) is 4.79 Å². The zero-order chi connectivity index (χ0) is 20.1. The number of morpholine rings is 1. The zero-order valence-corrected chi connectivity index (χ0v) is 16.9. The quantitative estimate of drug-likeness (QED) is 0.770. The molecule has 28 heavy (non-hydrogen) atoms. The first-order valence-electron chi connectivity index (χ1n) is 8.70. The van der Waals surface area contributed by atoms with Gasteiger partial charge < -0.3 is 14.8 Å². The molecule has 150 valence electrons. The molecule has 3 rings (SSSR count). The van der Waals surface area contributed by atoms with Crippen LogP contribution in [-0.4, -0.2) is 52.0 Å². The van der Waals surface area contributed by atoms with Crippen molar-refractivity contribution in [1.29, 1.82) is 0 Å². The predicted molar refractivity (Wildman–Crippen MR) is 106 cm³/mol. The van der Waals surface area contributed by atoms with Crippen LogP contribution >= 0.6 is 11.6 Å². The van der Waals surface area contributed by atoms with Gasteiger partial charge in [0.2, 0.25) is 15.9 Å². The third-order valence-corrected chi connectivity index (χ3v) is 6.44. The van der Waals surface area contributed by atoms with Crippen LogP contribution in [0.1, 0.15) is 5.56 Å². The van der Waals surface area contributed by atoms with Crippen molar-refractivity contribution in [2.24, 2.45) is 0 Å². The van der Waals surface area contributed by atoms with Gasteiger partial charge in [-0.05, 0) is 35.9 Å². The van der Waals surface area contributed by atoms with E-state index in [2.05, 4.69) is 5.32 Å². The van der Waals surface area contributed by atoms with Crippen LogP contribution in [-0.2, 0) is 26.0 Å². The molecule has 1 fully saturated rings. The number of methoxy groups -OCH3 is 1. The molecule has 1 aliphatic rings. The van der Waals surface area contributed by atoms with Crippen molar-refractivity contribution in [3.8, 4) is 5.75 Å². The van der Waals surface area contributed by atoms with E-state index >= 15 is 0 Å². The maximum absolute atomic E-state index is 13.0. The van der Waals surface area contributed by atoms with Gasteiger partial charge in [-0.15, -0.1) is 0 Å². The van der Waals surface area contributed by atoms with E-state index in [1.54, 1.807) is 36.4 Å². The topological polar surface area (TPSA) is 84.9 Å². The first-order chi connectivity index (χ1) is 13.4. The third kappa shape index (κ3) is 4.82. The Hall–Kier alpha value is -2.13. The SMILES string of the molecule is COc1ccc(CC(=O)Nc2cccc(Cl)c2)cc1S(=O)(=O)N1CCOCC1. The second kappa shape index (κ2) is 8.91. The number of anilines is 1. The highest BCUT2D eigenvalue weighted by Crippen LogP contribution is 2.28. The summed E-state index contributed by atoms with van der Waals surface area (Å²) in [6, 6.07) is 11.5. The number of rotatable bonds is 6. The summed E-state index contributed by atoms with van der Waals surface area (Å²) in [7, 11) is -2.33. The first-order valence-corrected chi connectivity index (χ1v) is 10.5. The molecular weight excluding hydrogens is 404 g/mol. The second-order valence-electron chi connectivity index (χ2n) is 6.24. The summed E-state index contributed by atoms with van der Waals surface area (Å²) in [5.41, 5.74) is 1.14. The summed E-state index contributed by atoms with van der Waals surface area (Å²) in [4.78, 5) is 12.4. The van der Waals surface area contributed by atoms with Gasteiger partial charge >= 0.3 is 0 Å². The van der Waals surface area contributed by atoms with Crippen LogP contribution in [0.25, 0.3) is 0 Å². The Balaban J connectivity index is 1.81. The first kappa shape index (κ1) is 20.6. The summed E-state index contributed by atoms with van der Waals surface area (Å²) in [6.45, 7) is 1.27. The number of halogens is 1. The summed E-state index contributed by atoms with van der Waals surface area (Å²) in [5.74, 6) is -0.0346. The summed E-state index contributed by atoms with van der Waals surface area (Å²) >= 11 is 5.92. The zero-order valence-electron chi connectivity index (χ0n) is 15.4. The van der Waals surface area contributed by atoms with Gasteiger partial charge in [-0.2, -0.15) is 4.31 Å². The van der Waals surface area contributed by atoms with Crippen molar-refractivity contribution in [1.82, 2.24) is 4.31 Å². The number of ether oxygens (including phenoxy) is 2. The van der Waals surface area contributed by atoms with Gasteiger partial charge in [0.15, 0.2) is 0 Å². The van der Waals surface area contributed by atoms with Gasteiger partial charge in [0.1, 0.15) is 10.6 Å². The Labute approximate surface area is 169 Å². The summed E-state index contributed by atoms with van der Waals surface area (Å²) < 4.78 is 37.9. The lowest BCUT2D eigenvalue weighted by Gasteiger charge is -2.26. The van der Waals surface area contributed by atoms with Crippen molar-refractivity contribution in [2.45, 2.75) is 11.3 Å². The largest absolute Gasteiger partial charge is 0.495 e. The van der Waals surface area contributed by atoms with Gasteiger partial charge in [0.05, 0.1) is 26.7 Å². The predicted octanol–water partition coefficient (Wildman–Crippen LogP) is 2.55. The number of hydrogen-bond donors (Lipinski definition) is 1. The molecule has 0 atom stereocenters. The molecule has 0 saturated carbocycles. The average molecular weight is 425 g/mol. The monoisotopic (exact) mass is 424 g/mol. The molecule has 1 heterocycles. The minimum Gasteiger partial charge on any atom is -0.495 e. The van der Waals surface area contributed by atoms with E-state index in [1.807, 2.05) is 0 Å². The highest BCUT2D eigenvalue weighted by Gasteiger charge is 2.29. The normalized spacial score (nSPS) is 15.2. The molecule has 9 heteroatoms. The number of sulfonamides is 1. The van der Waals surface area contributed by atoms with Crippen molar-refractivity contribution < 1.29 is 22.7 Å². The van der Waals surface area contributed by atoms with Crippen LogP contribution in [0.5, 0.6) is 5.75 Å². The van der Waals surface area contributed by atoms with Gasteiger partial charge in [-0.25, -0.2) is 8.42 Å². The van der Waals surface area contributed by atoms with E-state index < -0.39 is 10.0 Å². The van der Waals surface area contributed by atoms with E-state index in [1.165, 1.54) is 17.5 Å². The fourth-order valence-corrected chi connectivity index (χ4v) is 4.72. The van der Waals surface area contributed by atoms with E-state index in [0.717, 1.165) is 0 Å². The molecule has 0 aliphatic carbocycles. The summed E-state index contributed by atoms with van der Waals surface area (Å²) in [6.07, 6.45) is 0.0160. The highest BCUT2D eigenvalue weighted by atomic mass is 35.5. The van der Waals surface area contributed by atoms with Crippen molar-refractivity contribution in [3.63, 3.8) is 0 Å². The second-order valence-corrected chi connectivity index (χ2v) is 8.58.